The van der Waals surface area contributed by atoms with Gasteiger partial charge >= 0.3 is 12.1 Å². The van der Waals surface area contributed by atoms with Crippen molar-refractivity contribution in [3.8, 4) is 6.07 Å². The molecule has 0 bridgehead atoms. The quantitative estimate of drug-likeness (QED) is 0.504. The highest BCUT2D eigenvalue weighted by atomic mass is 19.4. The number of carbonyl (C=O) groups excluding carboxylic acids is 4. The van der Waals surface area contributed by atoms with Crippen LogP contribution in [-0.2, 0) is 19.2 Å². The number of piperidine rings is 1. The fraction of sp³-hybridized carbons (Fsp3) is 0.783. The Labute approximate surface area is 202 Å². The maximum atomic E-state index is 13.5. The molecule has 0 aromatic carbocycles. The summed E-state index contributed by atoms with van der Waals surface area (Å²) in [4.78, 5) is 51.6. The molecule has 3 N–H and O–H groups in total. The molecular weight excluding hydrogens is 467 g/mol. The monoisotopic (exact) mass is 499 g/mol. The van der Waals surface area contributed by atoms with E-state index in [1.807, 2.05) is 19.9 Å². The van der Waals surface area contributed by atoms with E-state index in [2.05, 4.69) is 10.6 Å². The molecule has 3 fully saturated rings. The smallest absolute Gasteiger partial charge is 0.356 e. The summed E-state index contributed by atoms with van der Waals surface area (Å²) < 4.78 is 38.8. The molecule has 1 unspecified atom stereocenters. The molecule has 1 aliphatic carbocycles. The van der Waals surface area contributed by atoms with Gasteiger partial charge in [0.1, 0.15) is 18.1 Å². The minimum Gasteiger partial charge on any atom is -0.356 e. The van der Waals surface area contributed by atoms with E-state index in [-0.39, 0.29) is 36.1 Å². The van der Waals surface area contributed by atoms with Crippen molar-refractivity contribution in [3.63, 3.8) is 0 Å². The normalized spacial score (nSPS) is 28.9. The number of carbonyl (C=O) groups is 4. The van der Waals surface area contributed by atoms with Crippen molar-refractivity contribution in [2.45, 2.75) is 71.8 Å². The standard InChI is InChI=1S/C23H32F3N5O4/c1-21(2,3)16(30-20(35)23(24,25)26)19(34)31-10-13-14(22(13,4)5)15(31)18(33)29-12(9-27)8-11-6-7-28-17(11)32/h11-16H,6-8,10H2,1-5H3,(H,28,32)(H,29,33)(H,30,35)/t11-,12-,13?,14-,15-,16+/m0/s1. The molecule has 2 aliphatic heterocycles. The van der Waals surface area contributed by atoms with Crippen LogP contribution in [0.25, 0.3) is 0 Å². The molecule has 2 saturated heterocycles. The lowest BCUT2D eigenvalue weighted by Gasteiger charge is -2.37. The van der Waals surface area contributed by atoms with Crippen LogP contribution in [0.1, 0.15) is 47.5 Å². The number of rotatable bonds is 6. The average molecular weight is 500 g/mol. The minimum absolute atomic E-state index is 0.0396. The summed E-state index contributed by atoms with van der Waals surface area (Å²) in [6.45, 7) is 9.13. The van der Waals surface area contributed by atoms with E-state index >= 15 is 0 Å². The zero-order valence-corrected chi connectivity index (χ0v) is 20.5. The number of nitrogens with zero attached hydrogens (tertiary/aromatic N) is 2. The Balaban J connectivity index is 1.81. The van der Waals surface area contributed by atoms with Crippen molar-refractivity contribution in [3.05, 3.63) is 0 Å². The van der Waals surface area contributed by atoms with Gasteiger partial charge in [0.05, 0.1) is 6.07 Å². The lowest BCUT2D eigenvalue weighted by molar-refractivity contribution is -0.176. The Hall–Kier alpha value is -2.84. The average Bonchev–Trinajstić information content (AvgIpc) is 3.10. The van der Waals surface area contributed by atoms with Gasteiger partial charge in [-0.15, -0.1) is 0 Å². The zero-order valence-electron chi connectivity index (χ0n) is 20.5. The number of nitriles is 1. The van der Waals surface area contributed by atoms with Gasteiger partial charge in [-0.3, -0.25) is 19.2 Å². The summed E-state index contributed by atoms with van der Waals surface area (Å²) in [6.07, 6.45) is -4.49. The third-order valence-corrected chi connectivity index (χ3v) is 7.56. The Bertz CT molecular complexity index is 952. The predicted octanol–water partition coefficient (Wildman–Crippen LogP) is 1.10. The topological polar surface area (TPSA) is 131 Å². The van der Waals surface area contributed by atoms with Gasteiger partial charge in [-0.25, -0.2) is 0 Å². The molecule has 0 radical (unpaired) electrons. The summed E-state index contributed by atoms with van der Waals surface area (Å²) in [7, 11) is 0. The highest BCUT2D eigenvalue weighted by molar-refractivity contribution is 5.95. The molecule has 0 aromatic rings. The fourth-order valence-electron chi connectivity index (χ4n) is 5.40. The van der Waals surface area contributed by atoms with Crippen molar-refractivity contribution in [1.82, 2.24) is 20.9 Å². The predicted molar refractivity (Wildman–Crippen MR) is 117 cm³/mol. The van der Waals surface area contributed by atoms with Crippen molar-refractivity contribution >= 4 is 23.6 Å². The Morgan fingerprint density at radius 3 is 2.34 bits per heavy atom. The van der Waals surface area contributed by atoms with Gasteiger partial charge in [-0.2, -0.15) is 18.4 Å². The van der Waals surface area contributed by atoms with E-state index in [9.17, 15) is 37.6 Å². The number of likely N-dealkylation sites (tertiary alicyclic amines) is 1. The van der Waals surface area contributed by atoms with Crippen LogP contribution >= 0.6 is 0 Å². The van der Waals surface area contributed by atoms with Gasteiger partial charge < -0.3 is 20.9 Å². The molecule has 0 aromatic heterocycles. The highest BCUT2D eigenvalue weighted by Crippen LogP contribution is 2.65. The van der Waals surface area contributed by atoms with Crippen LogP contribution in [0, 0.1) is 39.9 Å². The lowest BCUT2D eigenvalue weighted by atomic mass is 9.85. The van der Waals surface area contributed by atoms with Crippen LogP contribution < -0.4 is 16.0 Å². The molecule has 9 nitrogen and oxygen atoms in total. The zero-order chi connectivity index (χ0) is 26.5. The van der Waals surface area contributed by atoms with Gasteiger partial charge in [0, 0.05) is 19.0 Å². The van der Waals surface area contributed by atoms with Crippen molar-refractivity contribution in [2.75, 3.05) is 13.1 Å². The SMILES string of the molecule is CC(C)(C)[C@H](NC(=O)C(F)(F)F)C(=O)N1CC2[C@@H]([C@H]1C(=O)N[C@H](C#N)C[C@@H]1CCNC1=O)C2(C)C. The fourth-order valence-corrected chi connectivity index (χ4v) is 5.40. The molecule has 3 rings (SSSR count). The third-order valence-electron chi connectivity index (χ3n) is 7.56. The number of alkyl halides is 3. The second-order valence-corrected chi connectivity index (χ2v) is 11.4. The minimum atomic E-state index is -5.16. The highest BCUT2D eigenvalue weighted by Gasteiger charge is 2.70. The van der Waals surface area contributed by atoms with E-state index < -0.39 is 53.4 Å². The van der Waals surface area contributed by atoms with Gasteiger partial charge in [-0.1, -0.05) is 34.6 Å². The maximum Gasteiger partial charge on any atom is 0.471 e. The molecular formula is C23H32F3N5O4. The first-order valence-corrected chi connectivity index (χ1v) is 11.7. The second-order valence-electron chi connectivity index (χ2n) is 11.4. The molecule has 2 heterocycles. The molecule has 4 amide bonds. The first-order valence-electron chi connectivity index (χ1n) is 11.7. The summed E-state index contributed by atoms with van der Waals surface area (Å²) in [5, 5.41) is 16.7. The summed E-state index contributed by atoms with van der Waals surface area (Å²) >= 11 is 0. The lowest BCUT2D eigenvalue weighted by Crippen LogP contribution is -2.61. The summed E-state index contributed by atoms with van der Waals surface area (Å²) in [6, 6.07) is -1.48. The van der Waals surface area contributed by atoms with Gasteiger partial charge in [0.15, 0.2) is 0 Å². The van der Waals surface area contributed by atoms with Crippen LogP contribution in [0.4, 0.5) is 13.2 Å². The van der Waals surface area contributed by atoms with E-state index in [0.717, 1.165) is 0 Å². The van der Waals surface area contributed by atoms with E-state index in [1.54, 1.807) is 5.32 Å². The van der Waals surface area contributed by atoms with Crippen LogP contribution in [0.5, 0.6) is 0 Å². The van der Waals surface area contributed by atoms with Gasteiger partial charge in [0.25, 0.3) is 0 Å². The molecule has 3 aliphatic rings. The van der Waals surface area contributed by atoms with Crippen LogP contribution in [-0.4, -0.2) is 65.9 Å². The van der Waals surface area contributed by atoms with E-state index in [0.29, 0.717) is 13.0 Å². The second kappa shape index (κ2) is 8.99. The largest absolute Gasteiger partial charge is 0.471 e. The van der Waals surface area contributed by atoms with Crippen LogP contribution in [0.2, 0.25) is 0 Å². The van der Waals surface area contributed by atoms with Crippen molar-refractivity contribution in [2.24, 2.45) is 28.6 Å². The van der Waals surface area contributed by atoms with Crippen molar-refractivity contribution < 1.29 is 32.3 Å². The Morgan fingerprint density at radius 2 is 1.86 bits per heavy atom. The first kappa shape index (κ1) is 26.8. The Kier molecular flexibility index (Phi) is 6.87. The third kappa shape index (κ3) is 5.23. The number of hydrogen-bond donors (Lipinski definition) is 3. The first-order chi connectivity index (χ1) is 16.0. The van der Waals surface area contributed by atoms with Crippen LogP contribution in [0.15, 0.2) is 0 Å². The summed E-state index contributed by atoms with van der Waals surface area (Å²) in [5.41, 5.74) is -1.33. The van der Waals surface area contributed by atoms with E-state index in [1.165, 1.54) is 25.7 Å². The number of nitrogens with one attached hydrogen (secondary N) is 3. The molecule has 1 saturated carbocycles. The molecule has 194 valence electrons. The molecule has 35 heavy (non-hydrogen) atoms. The number of hydrogen-bond acceptors (Lipinski definition) is 5. The van der Waals surface area contributed by atoms with Crippen LogP contribution in [0.3, 0.4) is 0 Å². The van der Waals surface area contributed by atoms with E-state index in [4.69, 9.17) is 0 Å². The number of amides is 4. The summed E-state index contributed by atoms with van der Waals surface area (Å²) in [5.74, 6) is -4.46. The molecule has 0 spiro atoms. The van der Waals surface area contributed by atoms with Crippen molar-refractivity contribution in [1.29, 1.82) is 5.26 Å². The maximum absolute atomic E-state index is 13.5. The van der Waals surface area contributed by atoms with Gasteiger partial charge in [-0.05, 0) is 35.5 Å². The molecule has 6 atom stereocenters. The van der Waals surface area contributed by atoms with Gasteiger partial charge in [0.2, 0.25) is 17.7 Å². The molecule has 12 heteroatoms. The number of fused-ring (bicyclic) bond motifs is 1. The number of halogens is 3. The Morgan fingerprint density at radius 1 is 1.23 bits per heavy atom.